The Hall–Kier alpha value is -4.41. The first-order valence-electron chi connectivity index (χ1n) is 13.4. The van der Waals surface area contributed by atoms with Crippen molar-refractivity contribution >= 4 is 28.6 Å². The largest absolute Gasteiger partial charge is 0.477 e. The van der Waals surface area contributed by atoms with Crippen LogP contribution in [0.2, 0.25) is 5.02 Å². The third-order valence-electron chi connectivity index (χ3n) is 6.95. The lowest BCUT2D eigenvalue weighted by atomic mass is 10.0. The highest BCUT2D eigenvalue weighted by Crippen LogP contribution is 2.32. The first kappa shape index (κ1) is 30.1. The molecule has 0 radical (unpaired) electrons. The Bertz CT molecular complexity index is 1770. The number of nitrogens with zero attached hydrogens (tertiary/aromatic N) is 3. The lowest BCUT2D eigenvalue weighted by molar-refractivity contribution is 0.0601. The first-order chi connectivity index (χ1) is 20.8. The van der Waals surface area contributed by atoms with Crippen LogP contribution < -0.4 is 4.74 Å². The Balaban J connectivity index is 1.41. The van der Waals surface area contributed by atoms with Crippen LogP contribution in [0.3, 0.4) is 0 Å². The summed E-state index contributed by atoms with van der Waals surface area (Å²) in [6.45, 7) is 0.755. The lowest BCUT2D eigenvalue weighted by Gasteiger charge is -2.13. The maximum Gasteiger partial charge on any atom is 0.337 e. The second kappa shape index (κ2) is 13.3. The SMILES string of the molecule is COCCn1c(Cc2c(F)cc(-c3cccnc3OCCc3ccc(Cl)cc3F)cc2F)nc2ccc(C(=O)OC)cc21. The zero-order valence-corrected chi connectivity index (χ0v) is 24.1. The van der Waals surface area contributed by atoms with Gasteiger partial charge in [-0.25, -0.2) is 27.9 Å². The Morgan fingerprint density at radius 3 is 2.47 bits per heavy atom. The van der Waals surface area contributed by atoms with Crippen LogP contribution in [0.5, 0.6) is 5.88 Å². The highest BCUT2D eigenvalue weighted by molar-refractivity contribution is 6.30. The summed E-state index contributed by atoms with van der Waals surface area (Å²) in [4.78, 5) is 20.9. The molecule has 2 aromatic heterocycles. The summed E-state index contributed by atoms with van der Waals surface area (Å²) in [5, 5.41) is 0.293. The van der Waals surface area contributed by atoms with Crippen molar-refractivity contribution in [2.75, 3.05) is 27.4 Å². The van der Waals surface area contributed by atoms with Gasteiger partial charge in [0.25, 0.3) is 0 Å². The van der Waals surface area contributed by atoms with Gasteiger partial charge in [0.2, 0.25) is 5.88 Å². The van der Waals surface area contributed by atoms with Crippen molar-refractivity contribution in [1.29, 1.82) is 0 Å². The number of carbonyl (C=O) groups excluding carboxylic acids is 1. The number of aromatic nitrogens is 3. The van der Waals surface area contributed by atoms with Gasteiger partial charge in [-0.05, 0) is 65.7 Å². The second-order valence-electron chi connectivity index (χ2n) is 9.65. The van der Waals surface area contributed by atoms with Gasteiger partial charge >= 0.3 is 5.97 Å². The third kappa shape index (κ3) is 6.65. The number of esters is 1. The molecule has 0 aliphatic carbocycles. The monoisotopic (exact) mass is 609 g/mol. The van der Waals surface area contributed by atoms with Gasteiger partial charge in [-0.3, -0.25) is 0 Å². The molecule has 0 aliphatic heterocycles. The number of hydrogen-bond acceptors (Lipinski definition) is 6. The van der Waals surface area contributed by atoms with E-state index in [9.17, 15) is 9.18 Å². The summed E-state index contributed by atoms with van der Waals surface area (Å²) in [6.07, 6.45) is 1.59. The van der Waals surface area contributed by atoms with E-state index in [1.165, 1.54) is 31.5 Å². The predicted molar refractivity (Wildman–Crippen MR) is 156 cm³/mol. The molecule has 5 aromatic rings. The normalized spacial score (nSPS) is 11.2. The molecule has 222 valence electrons. The average molecular weight is 610 g/mol. The van der Waals surface area contributed by atoms with Crippen LogP contribution in [0.4, 0.5) is 13.2 Å². The van der Waals surface area contributed by atoms with Crippen molar-refractivity contribution < 1.29 is 32.2 Å². The maximum absolute atomic E-state index is 15.5. The van der Waals surface area contributed by atoms with E-state index in [2.05, 4.69) is 9.97 Å². The molecule has 0 saturated heterocycles. The number of carbonyl (C=O) groups is 1. The molecule has 0 amide bonds. The number of halogens is 4. The van der Waals surface area contributed by atoms with Crippen LogP contribution in [0.1, 0.15) is 27.3 Å². The number of pyridine rings is 1. The fourth-order valence-electron chi connectivity index (χ4n) is 4.78. The number of methoxy groups -OCH3 is 2. The van der Waals surface area contributed by atoms with Gasteiger partial charge in [0.15, 0.2) is 0 Å². The third-order valence-corrected chi connectivity index (χ3v) is 7.19. The van der Waals surface area contributed by atoms with Crippen LogP contribution in [0, 0.1) is 17.5 Å². The van der Waals surface area contributed by atoms with E-state index in [0.717, 1.165) is 0 Å². The number of fused-ring (bicyclic) bond motifs is 1. The van der Waals surface area contributed by atoms with E-state index < -0.39 is 23.4 Å². The van der Waals surface area contributed by atoms with Gasteiger partial charge in [-0.1, -0.05) is 17.7 Å². The minimum Gasteiger partial charge on any atom is -0.477 e. The average Bonchev–Trinajstić information content (AvgIpc) is 3.34. The van der Waals surface area contributed by atoms with E-state index in [-0.39, 0.29) is 36.5 Å². The summed E-state index contributed by atoms with van der Waals surface area (Å²) >= 11 is 5.82. The quantitative estimate of drug-likeness (QED) is 0.153. The molecule has 0 saturated carbocycles. The number of hydrogen-bond donors (Lipinski definition) is 0. The molecule has 3 aromatic carbocycles. The summed E-state index contributed by atoms with van der Waals surface area (Å²) in [7, 11) is 2.83. The van der Waals surface area contributed by atoms with Gasteiger partial charge in [-0.2, -0.15) is 0 Å². The topological polar surface area (TPSA) is 75.5 Å². The van der Waals surface area contributed by atoms with Crippen molar-refractivity contribution in [2.45, 2.75) is 19.4 Å². The molecule has 11 heteroatoms. The molecule has 0 atom stereocenters. The summed E-state index contributed by atoms with van der Waals surface area (Å²) < 4.78 is 62.8. The fraction of sp³-hybridized carbons (Fsp3) is 0.219. The Morgan fingerprint density at radius 2 is 1.74 bits per heavy atom. The molecule has 5 rings (SSSR count). The van der Waals surface area contributed by atoms with Gasteiger partial charge in [0.1, 0.15) is 23.3 Å². The number of rotatable bonds is 11. The highest BCUT2D eigenvalue weighted by Gasteiger charge is 2.20. The Morgan fingerprint density at radius 1 is 0.953 bits per heavy atom. The van der Waals surface area contributed by atoms with Gasteiger partial charge in [0.05, 0.1) is 36.9 Å². The fourth-order valence-corrected chi connectivity index (χ4v) is 4.94. The van der Waals surface area contributed by atoms with E-state index in [0.29, 0.717) is 51.7 Å². The first-order valence-corrected chi connectivity index (χ1v) is 13.7. The Labute approximate surface area is 250 Å². The van der Waals surface area contributed by atoms with E-state index >= 15 is 8.78 Å². The zero-order chi connectivity index (χ0) is 30.5. The van der Waals surface area contributed by atoms with Gasteiger partial charge < -0.3 is 18.8 Å². The van der Waals surface area contributed by atoms with Crippen LogP contribution in [-0.4, -0.2) is 47.9 Å². The standard InChI is InChI=1S/C32H27ClF3N3O4/c1-41-13-11-39-29-16-20(32(40)42-2)6-8-28(29)38-30(39)18-24-26(35)14-21(15-27(24)36)23-4-3-10-37-31(23)43-12-9-19-5-7-22(33)17-25(19)34/h3-8,10,14-17H,9,11-13,18H2,1-2H3. The molecule has 0 aliphatic rings. The number of imidazole rings is 1. The van der Waals surface area contributed by atoms with E-state index in [4.69, 9.17) is 25.8 Å². The van der Waals surface area contributed by atoms with Gasteiger partial charge in [-0.15, -0.1) is 0 Å². The van der Waals surface area contributed by atoms with E-state index in [1.54, 1.807) is 54.1 Å². The smallest absolute Gasteiger partial charge is 0.337 e. The molecule has 0 fully saturated rings. The molecule has 0 bridgehead atoms. The lowest BCUT2D eigenvalue weighted by Crippen LogP contribution is -2.11. The molecule has 2 heterocycles. The zero-order valence-electron chi connectivity index (χ0n) is 23.4. The van der Waals surface area contributed by atoms with Crippen LogP contribution in [0.25, 0.3) is 22.2 Å². The number of benzene rings is 3. The van der Waals surface area contributed by atoms with Crippen molar-refractivity contribution in [1.82, 2.24) is 14.5 Å². The number of ether oxygens (including phenoxy) is 3. The molecule has 0 spiro atoms. The molecule has 0 unspecified atom stereocenters. The van der Waals surface area contributed by atoms with Crippen molar-refractivity contribution in [3.8, 4) is 17.0 Å². The van der Waals surface area contributed by atoms with Gasteiger partial charge in [0, 0.05) is 48.8 Å². The van der Waals surface area contributed by atoms with E-state index in [1.807, 2.05) is 0 Å². The summed E-state index contributed by atoms with van der Waals surface area (Å²) in [5.74, 6) is -1.93. The Kier molecular flexibility index (Phi) is 9.27. The minimum absolute atomic E-state index is 0.0843. The molecule has 0 N–H and O–H groups in total. The highest BCUT2D eigenvalue weighted by atomic mass is 35.5. The van der Waals surface area contributed by atoms with Crippen LogP contribution in [-0.2, 0) is 28.9 Å². The molecule has 7 nitrogen and oxygen atoms in total. The molecule has 43 heavy (non-hydrogen) atoms. The van der Waals surface area contributed by atoms with Crippen molar-refractivity contribution in [2.24, 2.45) is 0 Å². The van der Waals surface area contributed by atoms with Crippen LogP contribution in [0.15, 0.2) is 66.9 Å². The predicted octanol–water partition coefficient (Wildman–Crippen LogP) is 6.81. The minimum atomic E-state index is -0.770. The molecular weight excluding hydrogens is 583 g/mol. The summed E-state index contributed by atoms with van der Waals surface area (Å²) in [5.41, 5.74) is 2.36. The van der Waals surface area contributed by atoms with Crippen molar-refractivity contribution in [3.63, 3.8) is 0 Å². The maximum atomic E-state index is 15.5. The summed E-state index contributed by atoms with van der Waals surface area (Å²) in [6, 6.07) is 15.0. The molecular formula is C32H27ClF3N3O4. The second-order valence-corrected chi connectivity index (χ2v) is 10.1. The van der Waals surface area contributed by atoms with Crippen molar-refractivity contribution in [3.05, 3.63) is 112 Å². The van der Waals surface area contributed by atoms with Crippen LogP contribution >= 0.6 is 11.6 Å².